The Labute approximate surface area is 115 Å². The highest BCUT2D eigenvalue weighted by Gasteiger charge is 2.15. The van der Waals surface area contributed by atoms with Gasteiger partial charge in [-0.25, -0.2) is 0 Å². The predicted molar refractivity (Wildman–Crippen MR) is 78.7 cm³/mol. The molecular weight excluding hydrogens is 244 g/mol. The van der Waals surface area contributed by atoms with E-state index in [0.717, 1.165) is 37.7 Å². The topological polar surface area (TPSA) is 33.3 Å². The second-order valence-corrected chi connectivity index (χ2v) is 5.54. The van der Waals surface area contributed by atoms with Crippen molar-refractivity contribution in [3.8, 4) is 0 Å². The van der Waals surface area contributed by atoms with Crippen molar-refractivity contribution in [2.45, 2.75) is 51.0 Å². The maximum absolute atomic E-state index is 5.54. The van der Waals surface area contributed by atoms with Gasteiger partial charge in [-0.15, -0.1) is 0 Å². The Bertz CT molecular complexity index is 298. The zero-order chi connectivity index (χ0) is 12.6. The molecule has 0 aromatic carbocycles. The number of nitrogens with one attached hydrogen (secondary N) is 2. The van der Waals surface area contributed by atoms with Crippen molar-refractivity contribution in [1.29, 1.82) is 0 Å². The third-order valence-corrected chi connectivity index (χ3v) is 3.92. The lowest BCUT2D eigenvalue weighted by molar-refractivity contribution is 0.114. The molecule has 1 aliphatic heterocycles. The van der Waals surface area contributed by atoms with E-state index in [1.807, 2.05) is 0 Å². The van der Waals surface area contributed by atoms with Crippen molar-refractivity contribution >= 4 is 17.3 Å². The van der Waals surface area contributed by atoms with Crippen LogP contribution in [0.15, 0.2) is 11.6 Å². The van der Waals surface area contributed by atoms with E-state index in [2.05, 4.69) is 16.7 Å². The van der Waals surface area contributed by atoms with Crippen molar-refractivity contribution in [2.24, 2.45) is 0 Å². The molecule has 0 aromatic rings. The van der Waals surface area contributed by atoms with Gasteiger partial charge in [0.2, 0.25) is 0 Å². The zero-order valence-electron chi connectivity index (χ0n) is 11.0. The largest absolute Gasteiger partial charge is 0.376 e. The highest BCUT2D eigenvalue weighted by atomic mass is 32.1. The summed E-state index contributed by atoms with van der Waals surface area (Å²) in [6.45, 7) is 2.69. The molecule has 2 N–H and O–H groups in total. The fourth-order valence-corrected chi connectivity index (χ4v) is 2.73. The molecule has 1 fully saturated rings. The number of hydrogen-bond acceptors (Lipinski definition) is 2. The fourth-order valence-electron chi connectivity index (χ4n) is 2.54. The summed E-state index contributed by atoms with van der Waals surface area (Å²) < 4.78 is 5.54. The van der Waals surface area contributed by atoms with Gasteiger partial charge >= 0.3 is 0 Å². The summed E-state index contributed by atoms with van der Waals surface area (Å²) >= 11 is 5.26. The van der Waals surface area contributed by atoms with Gasteiger partial charge in [0.25, 0.3) is 0 Å². The van der Waals surface area contributed by atoms with Gasteiger partial charge in [-0.3, -0.25) is 0 Å². The molecule has 1 unspecified atom stereocenters. The smallest absolute Gasteiger partial charge is 0.166 e. The Balaban J connectivity index is 1.52. The van der Waals surface area contributed by atoms with Gasteiger partial charge in [-0.1, -0.05) is 11.6 Å². The summed E-state index contributed by atoms with van der Waals surface area (Å²) in [7, 11) is 0. The quantitative estimate of drug-likeness (QED) is 0.593. The van der Waals surface area contributed by atoms with E-state index >= 15 is 0 Å². The van der Waals surface area contributed by atoms with Gasteiger partial charge in [-0.2, -0.15) is 0 Å². The number of allylic oxidation sites excluding steroid dienone is 1. The lowest BCUT2D eigenvalue weighted by Gasteiger charge is -2.16. The first-order valence-electron chi connectivity index (χ1n) is 7.16. The molecule has 1 heterocycles. The third-order valence-electron chi connectivity index (χ3n) is 3.63. The Kier molecular flexibility index (Phi) is 5.94. The van der Waals surface area contributed by atoms with E-state index in [1.165, 1.54) is 32.1 Å². The van der Waals surface area contributed by atoms with E-state index in [0.29, 0.717) is 6.10 Å². The summed E-state index contributed by atoms with van der Waals surface area (Å²) in [5.74, 6) is 0. The van der Waals surface area contributed by atoms with Crippen molar-refractivity contribution in [3.63, 3.8) is 0 Å². The van der Waals surface area contributed by atoms with E-state index < -0.39 is 0 Å². The standard InChI is InChI=1S/C14H24N2OS/c18-14(16-11-13-7-4-10-17-13)15-9-8-12-5-2-1-3-6-12/h5,13H,1-4,6-11H2,(H2,15,16,18). The van der Waals surface area contributed by atoms with Crippen LogP contribution in [0, 0.1) is 0 Å². The first kappa shape index (κ1) is 13.8. The minimum atomic E-state index is 0.353. The second-order valence-electron chi connectivity index (χ2n) is 5.13. The molecule has 0 amide bonds. The summed E-state index contributed by atoms with van der Waals surface area (Å²) in [4.78, 5) is 0. The zero-order valence-corrected chi connectivity index (χ0v) is 11.9. The fraction of sp³-hybridized carbons (Fsp3) is 0.786. The maximum Gasteiger partial charge on any atom is 0.166 e. The van der Waals surface area contributed by atoms with Crippen molar-refractivity contribution in [2.75, 3.05) is 19.7 Å². The lowest BCUT2D eigenvalue weighted by Crippen LogP contribution is -2.39. The van der Waals surface area contributed by atoms with E-state index in [9.17, 15) is 0 Å². The molecule has 0 bridgehead atoms. The molecule has 0 radical (unpaired) electrons. The van der Waals surface area contributed by atoms with E-state index in [-0.39, 0.29) is 0 Å². The Hall–Kier alpha value is -0.610. The van der Waals surface area contributed by atoms with Gasteiger partial charge in [-0.05, 0) is 57.2 Å². The Morgan fingerprint density at radius 2 is 2.28 bits per heavy atom. The summed E-state index contributed by atoms with van der Waals surface area (Å²) in [5.41, 5.74) is 1.59. The molecule has 1 aliphatic carbocycles. The summed E-state index contributed by atoms with van der Waals surface area (Å²) in [6, 6.07) is 0. The minimum Gasteiger partial charge on any atom is -0.376 e. The van der Waals surface area contributed by atoms with Crippen LogP contribution < -0.4 is 10.6 Å². The number of hydrogen-bond donors (Lipinski definition) is 2. The van der Waals surface area contributed by atoms with Crippen LogP contribution in [0.3, 0.4) is 0 Å². The highest BCUT2D eigenvalue weighted by molar-refractivity contribution is 7.80. The molecule has 4 heteroatoms. The monoisotopic (exact) mass is 268 g/mol. The molecule has 3 nitrogen and oxygen atoms in total. The molecule has 2 rings (SSSR count). The molecule has 0 saturated carbocycles. The van der Waals surface area contributed by atoms with Crippen LogP contribution in [0.25, 0.3) is 0 Å². The van der Waals surface area contributed by atoms with Crippen LogP contribution in [0.1, 0.15) is 44.9 Å². The third kappa shape index (κ3) is 4.94. The van der Waals surface area contributed by atoms with Crippen molar-refractivity contribution < 1.29 is 4.74 Å². The van der Waals surface area contributed by atoms with Crippen LogP contribution in [0.4, 0.5) is 0 Å². The molecule has 0 spiro atoms. The van der Waals surface area contributed by atoms with Crippen LogP contribution in [0.2, 0.25) is 0 Å². The molecule has 102 valence electrons. The summed E-state index contributed by atoms with van der Waals surface area (Å²) in [6.07, 6.45) is 11.5. The first-order chi connectivity index (χ1) is 8.84. The van der Waals surface area contributed by atoms with E-state index in [4.69, 9.17) is 17.0 Å². The van der Waals surface area contributed by atoms with Crippen LogP contribution in [-0.2, 0) is 4.74 Å². The lowest BCUT2D eigenvalue weighted by atomic mass is 9.97. The average Bonchev–Trinajstić information content (AvgIpc) is 2.91. The Morgan fingerprint density at radius 1 is 1.33 bits per heavy atom. The summed E-state index contributed by atoms with van der Waals surface area (Å²) in [5, 5.41) is 7.28. The maximum atomic E-state index is 5.54. The van der Waals surface area contributed by atoms with Crippen LogP contribution >= 0.6 is 12.2 Å². The molecule has 1 saturated heterocycles. The molecule has 0 aromatic heterocycles. The van der Waals surface area contributed by atoms with E-state index in [1.54, 1.807) is 5.57 Å². The molecule has 2 aliphatic rings. The van der Waals surface area contributed by atoms with Crippen molar-refractivity contribution in [3.05, 3.63) is 11.6 Å². The first-order valence-corrected chi connectivity index (χ1v) is 7.56. The van der Waals surface area contributed by atoms with Gasteiger partial charge in [0.15, 0.2) is 5.11 Å². The Morgan fingerprint density at radius 3 is 3.00 bits per heavy atom. The SMILES string of the molecule is S=C(NCCC1=CCCCC1)NCC1CCCO1. The van der Waals surface area contributed by atoms with Crippen LogP contribution in [0.5, 0.6) is 0 Å². The molecule has 1 atom stereocenters. The van der Waals surface area contributed by atoms with Crippen molar-refractivity contribution in [1.82, 2.24) is 10.6 Å². The number of rotatable bonds is 5. The van der Waals surface area contributed by atoms with Gasteiger partial charge in [0, 0.05) is 19.7 Å². The van der Waals surface area contributed by atoms with Gasteiger partial charge < -0.3 is 15.4 Å². The minimum absolute atomic E-state index is 0.353. The number of thiocarbonyl (C=S) groups is 1. The van der Waals surface area contributed by atoms with Gasteiger partial charge in [0.05, 0.1) is 6.10 Å². The normalized spacial score (nSPS) is 23.6. The average molecular weight is 268 g/mol. The molecular formula is C14H24N2OS. The van der Waals surface area contributed by atoms with Gasteiger partial charge in [0.1, 0.15) is 0 Å². The highest BCUT2D eigenvalue weighted by Crippen LogP contribution is 2.19. The van der Waals surface area contributed by atoms with Crippen LogP contribution in [-0.4, -0.2) is 30.9 Å². The predicted octanol–water partition coefficient (Wildman–Crippen LogP) is 2.52. The molecule has 18 heavy (non-hydrogen) atoms. The second kappa shape index (κ2) is 7.74. The number of ether oxygens (including phenoxy) is 1.